The second-order valence-electron chi connectivity index (χ2n) is 19.4. The Hall–Kier alpha value is 0.0338. The maximum Gasteiger partial charge on any atom is 4.00 e. The number of rotatable bonds is 4. The largest absolute Gasteiger partial charge is 4.00 e. The molecule has 8 bridgehead atoms. The molecule has 0 amide bonds. The van der Waals surface area contributed by atoms with Crippen molar-refractivity contribution in [3.05, 3.63) is 10.6 Å². The summed E-state index contributed by atoms with van der Waals surface area (Å²) < 4.78 is 0. The summed E-state index contributed by atoms with van der Waals surface area (Å²) in [5.41, 5.74) is 0. The van der Waals surface area contributed by atoms with E-state index in [9.17, 15) is 4.80 Å². The molecule has 0 aromatic heterocycles. The molecule has 4 saturated carbocycles. The second-order valence-corrected chi connectivity index (χ2v) is 23.4. The standard InChI is InChI=1S/C33H55N7.C7H18NOSi.H2O.Si/c1-3-11-20-18(9-1)26-17-27-19-10-2-4-12-21(19)29(35-27)37-31-23-14-6-8-16-25(23)33(39-31)40-32-24-15-7-5-13-22(24)30(38-32)36-28(20)34-26;1-8(2)6-5-7-10(3,4)9;;/h18-37,40H,1-17H2;5-7H2,1-4H3;1H2;/q-2;-1;;+4/p-1. The van der Waals surface area contributed by atoms with Crippen molar-refractivity contribution in [3.63, 3.8) is 0 Å². The molecule has 9 aliphatic rings. The third-order valence-corrected chi connectivity index (χ3v) is 16.9. The van der Waals surface area contributed by atoms with Crippen molar-refractivity contribution in [1.82, 2.24) is 31.5 Å². The number of fused-ring (bicyclic) bond motifs is 20. The number of nitrogens with one attached hydrogen (secondary N) is 5. The minimum Gasteiger partial charge on any atom is -0.870 e. The van der Waals surface area contributed by atoms with Gasteiger partial charge in [0, 0.05) is 12.1 Å². The van der Waals surface area contributed by atoms with E-state index in [0.717, 1.165) is 42.7 Å². The predicted molar refractivity (Wildman–Crippen MR) is 212 cm³/mol. The summed E-state index contributed by atoms with van der Waals surface area (Å²) in [5.74, 6) is 6.01. The van der Waals surface area contributed by atoms with E-state index in [4.69, 9.17) is 10.6 Å². The maximum atomic E-state index is 11.2. The minimum atomic E-state index is -2.00. The van der Waals surface area contributed by atoms with Crippen molar-refractivity contribution in [2.45, 2.75) is 184 Å². The molecule has 52 heavy (non-hydrogen) atoms. The van der Waals surface area contributed by atoms with Crippen molar-refractivity contribution < 1.29 is 10.3 Å². The van der Waals surface area contributed by atoms with E-state index in [2.05, 4.69) is 31.5 Å². The molecule has 4 aliphatic carbocycles. The van der Waals surface area contributed by atoms with Crippen LogP contribution in [0.4, 0.5) is 0 Å². The molecule has 16 atom stereocenters. The van der Waals surface area contributed by atoms with Gasteiger partial charge in [0.25, 0.3) is 0 Å². The van der Waals surface area contributed by atoms with Gasteiger partial charge in [0.2, 0.25) is 0 Å². The van der Waals surface area contributed by atoms with Crippen LogP contribution in [0.1, 0.15) is 116 Å². The van der Waals surface area contributed by atoms with Gasteiger partial charge in [0.1, 0.15) is 0 Å². The zero-order chi connectivity index (χ0) is 34.4. The fourth-order valence-electron chi connectivity index (χ4n) is 13.0. The van der Waals surface area contributed by atoms with Crippen LogP contribution in [0.5, 0.6) is 0 Å². The molecule has 5 saturated heterocycles. The summed E-state index contributed by atoms with van der Waals surface area (Å²) in [5, 5.41) is 32.4. The van der Waals surface area contributed by atoms with Crippen LogP contribution in [0.25, 0.3) is 10.6 Å². The molecule has 294 valence electrons. The van der Waals surface area contributed by atoms with Gasteiger partial charge in [-0.15, -0.1) is 0 Å². The van der Waals surface area contributed by atoms with Gasteiger partial charge in [-0.2, -0.15) is 0 Å². The predicted octanol–water partition coefficient (Wildman–Crippen LogP) is 5.01. The van der Waals surface area contributed by atoms with E-state index in [1.54, 1.807) is 0 Å². The fraction of sp³-hybridized carbons (Fsp3) is 1.00. The van der Waals surface area contributed by atoms with Crippen molar-refractivity contribution in [3.8, 4) is 0 Å². The Morgan fingerprint density at radius 1 is 0.538 bits per heavy atom. The van der Waals surface area contributed by atoms with Gasteiger partial charge >= 0.3 is 11.0 Å². The summed E-state index contributed by atoms with van der Waals surface area (Å²) in [7, 11) is 2.08. The molecule has 10 nitrogen and oxygen atoms in total. The zero-order valence-electron chi connectivity index (χ0n) is 33.1. The summed E-state index contributed by atoms with van der Waals surface area (Å²) in [6, 6.07) is 2.20. The van der Waals surface area contributed by atoms with Gasteiger partial charge in [0.05, 0.1) is 12.3 Å². The number of hydrogen-bond donors (Lipinski definition) is 5. The van der Waals surface area contributed by atoms with Crippen molar-refractivity contribution in [2.75, 3.05) is 20.6 Å². The normalized spacial score (nSPS) is 46.7. The summed E-state index contributed by atoms with van der Waals surface area (Å²) in [4.78, 5) is 13.3. The van der Waals surface area contributed by atoms with Gasteiger partial charge in [-0.1, -0.05) is 129 Å². The van der Waals surface area contributed by atoms with Gasteiger partial charge < -0.3 is 41.8 Å². The van der Waals surface area contributed by atoms with E-state index >= 15 is 0 Å². The van der Waals surface area contributed by atoms with Crippen LogP contribution in [-0.2, 0) is 0 Å². The second kappa shape index (κ2) is 18.1. The van der Waals surface area contributed by atoms with Crippen molar-refractivity contribution >= 4 is 19.3 Å². The average molecular weight is 755 g/mol. The van der Waals surface area contributed by atoms with E-state index < -0.39 is 8.32 Å². The molecule has 5 aliphatic heterocycles. The molecule has 0 radical (unpaired) electrons. The van der Waals surface area contributed by atoms with Crippen LogP contribution in [0.3, 0.4) is 0 Å². The van der Waals surface area contributed by atoms with Gasteiger partial charge in [-0.05, 0) is 107 Å². The van der Waals surface area contributed by atoms with Gasteiger partial charge in [-0.3, -0.25) is 10.6 Å². The minimum absolute atomic E-state index is 0. The van der Waals surface area contributed by atoms with Crippen LogP contribution in [0.15, 0.2) is 0 Å². The molecule has 0 aromatic carbocycles. The van der Waals surface area contributed by atoms with E-state index in [1.165, 1.54) is 109 Å². The smallest absolute Gasteiger partial charge is 0.870 e. The Kier molecular flexibility index (Phi) is 14.5. The fourth-order valence-corrected chi connectivity index (χ4v) is 14.0. The Bertz CT molecular complexity index is 910. The molecule has 0 aromatic rings. The summed E-state index contributed by atoms with van der Waals surface area (Å²) >= 11 is 0. The third-order valence-electron chi connectivity index (χ3n) is 15.4. The quantitative estimate of drug-likeness (QED) is 0.252. The maximum absolute atomic E-state index is 11.2. The van der Waals surface area contributed by atoms with Crippen LogP contribution < -0.4 is 31.4 Å². The Labute approximate surface area is 322 Å². The number of hydrogen-bond acceptors (Lipinski definition) is 8. The first-order valence-corrected chi connectivity index (χ1v) is 24.9. The van der Waals surface area contributed by atoms with Gasteiger partial charge in [0.15, 0.2) is 0 Å². The van der Waals surface area contributed by atoms with Crippen LogP contribution in [0, 0.1) is 47.3 Å². The van der Waals surface area contributed by atoms with Crippen LogP contribution in [-0.4, -0.2) is 99.4 Å². The van der Waals surface area contributed by atoms with Crippen LogP contribution in [0.2, 0.25) is 19.1 Å². The summed E-state index contributed by atoms with van der Waals surface area (Å²) in [6.07, 6.45) is 26.7. The molecular formula is C40H74N8O2Si2. The SMILES string of the molecule is C1CCC2C3NC(CC4NC(NC5[N-]C(NC6[N-]C(N3)C3CCCCC63)C3CCCCC53)C3CCCCC43)C2C1.CN(C)CCC[Si](C)(C)[O-].[OH-].[Si+4]. The molecule has 9 rings (SSSR count). The molecule has 0 spiro atoms. The average Bonchev–Trinajstić information content (AvgIpc) is 3.84. The molecule has 9 fully saturated rings. The molecule has 16 unspecified atom stereocenters. The van der Waals surface area contributed by atoms with E-state index in [-0.39, 0.29) is 28.8 Å². The summed E-state index contributed by atoms with van der Waals surface area (Å²) in [6.45, 7) is 4.81. The number of nitrogens with zero attached hydrogens (tertiary/aromatic N) is 3. The first kappa shape index (κ1) is 41.7. The van der Waals surface area contributed by atoms with E-state index in [0.29, 0.717) is 60.4 Å². The Morgan fingerprint density at radius 2 is 0.885 bits per heavy atom. The molecule has 6 N–H and O–H groups in total. The monoisotopic (exact) mass is 755 g/mol. The van der Waals surface area contributed by atoms with Crippen molar-refractivity contribution in [2.24, 2.45) is 47.3 Å². The first-order valence-electron chi connectivity index (χ1n) is 21.8. The first-order chi connectivity index (χ1) is 24.2. The van der Waals surface area contributed by atoms with E-state index in [1.807, 2.05) is 27.2 Å². The third kappa shape index (κ3) is 9.09. The van der Waals surface area contributed by atoms with Crippen molar-refractivity contribution in [1.29, 1.82) is 0 Å². The topological polar surface area (TPSA) is 145 Å². The molecular weight excluding hydrogens is 681 g/mol. The zero-order valence-corrected chi connectivity index (χ0v) is 35.1. The molecule has 5 heterocycles. The van der Waals surface area contributed by atoms with Crippen LogP contribution >= 0.6 is 0 Å². The Morgan fingerprint density at radius 3 is 1.25 bits per heavy atom. The van der Waals surface area contributed by atoms with Gasteiger partial charge in [-0.25, -0.2) is 0 Å². The Balaban J connectivity index is 0.000000343. The molecule has 12 heteroatoms.